The Kier molecular flexibility index (Phi) is 6.02. The molecule has 0 aliphatic heterocycles. The van der Waals surface area contributed by atoms with E-state index in [1.165, 1.54) is 0 Å². The van der Waals surface area contributed by atoms with Gasteiger partial charge in [0.25, 0.3) is 0 Å². The number of aromatic carboxylic acids is 1. The fourth-order valence-electron chi connectivity index (χ4n) is 1.79. The SMILES string of the molecule is CNC(=O)CCN(C)CCc1ccccc1C(=O)O. The number of nitrogens with zero attached hydrogens (tertiary/aromatic N) is 1. The Morgan fingerprint density at radius 2 is 1.95 bits per heavy atom. The molecule has 0 aliphatic carbocycles. The highest BCUT2D eigenvalue weighted by Crippen LogP contribution is 2.10. The van der Waals surface area contributed by atoms with Gasteiger partial charge in [-0.05, 0) is 25.1 Å². The Bertz CT molecular complexity index is 446. The molecule has 1 aromatic rings. The van der Waals surface area contributed by atoms with E-state index in [0.717, 1.165) is 12.1 Å². The number of amides is 1. The Morgan fingerprint density at radius 1 is 1.26 bits per heavy atom. The third kappa shape index (κ3) is 5.09. The molecule has 19 heavy (non-hydrogen) atoms. The van der Waals surface area contributed by atoms with Gasteiger partial charge in [-0.15, -0.1) is 0 Å². The molecular weight excluding hydrogens is 244 g/mol. The maximum atomic E-state index is 11.1. The van der Waals surface area contributed by atoms with Crippen molar-refractivity contribution in [2.75, 3.05) is 27.2 Å². The van der Waals surface area contributed by atoms with Crippen molar-refractivity contribution in [2.45, 2.75) is 12.8 Å². The molecule has 104 valence electrons. The van der Waals surface area contributed by atoms with Crippen LogP contribution in [0.3, 0.4) is 0 Å². The third-order valence-corrected chi connectivity index (χ3v) is 3.01. The van der Waals surface area contributed by atoms with Crippen molar-refractivity contribution in [3.8, 4) is 0 Å². The van der Waals surface area contributed by atoms with E-state index in [0.29, 0.717) is 24.9 Å². The van der Waals surface area contributed by atoms with Crippen molar-refractivity contribution in [2.24, 2.45) is 0 Å². The second-order valence-electron chi connectivity index (χ2n) is 4.44. The second kappa shape index (κ2) is 7.53. The van der Waals surface area contributed by atoms with Crippen LogP contribution in [0.5, 0.6) is 0 Å². The van der Waals surface area contributed by atoms with Gasteiger partial charge in [0.05, 0.1) is 5.56 Å². The second-order valence-corrected chi connectivity index (χ2v) is 4.44. The van der Waals surface area contributed by atoms with Crippen LogP contribution in [0, 0.1) is 0 Å². The lowest BCUT2D eigenvalue weighted by Crippen LogP contribution is -2.28. The van der Waals surface area contributed by atoms with E-state index >= 15 is 0 Å². The van der Waals surface area contributed by atoms with E-state index in [1.807, 2.05) is 24.1 Å². The van der Waals surface area contributed by atoms with Crippen molar-refractivity contribution in [1.29, 1.82) is 0 Å². The van der Waals surface area contributed by atoms with Crippen LogP contribution in [0.25, 0.3) is 0 Å². The zero-order valence-electron chi connectivity index (χ0n) is 11.3. The quantitative estimate of drug-likeness (QED) is 0.770. The summed E-state index contributed by atoms with van der Waals surface area (Å²) in [5.41, 5.74) is 1.17. The zero-order chi connectivity index (χ0) is 14.3. The van der Waals surface area contributed by atoms with E-state index in [2.05, 4.69) is 5.32 Å². The lowest BCUT2D eigenvalue weighted by molar-refractivity contribution is -0.120. The first kappa shape index (κ1) is 15.2. The molecule has 5 heteroatoms. The van der Waals surface area contributed by atoms with Gasteiger partial charge in [0.15, 0.2) is 0 Å². The normalized spacial score (nSPS) is 10.5. The van der Waals surface area contributed by atoms with Gasteiger partial charge in [0.1, 0.15) is 0 Å². The molecule has 0 atom stereocenters. The third-order valence-electron chi connectivity index (χ3n) is 3.01. The molecule has 0 saturated carbocycles. The first-order valence-electron chi connectivity index (χ1n) is 6.25. The van der Waals surface area contributed by atoms with Crippen LogP contribution < -0.4 is 5.32 Å². The summed E-state index contributed by atoms with van der Waals surface area (Å²) in [6.07, 6.45) is 1.11. The summed E-state index contributed by atoms with van der Waals surface area (Å²) in [5, 5.41) is 11.6. The number of carbonyl (C=O) groups is 2. The number of carboxylic acids is 1. The van der Waals surface area contributed by atoms with Crippen LogP contribution in [0.2, 0.25) is 0 Å². The molecule has 0 aromatic heterocycles. The predicted molar refractivity (Wildman–Crippen MR) is 73.3 cm³/mol. The maximum Gasteiger partial charge on any atom is 0.335 e. The smallest absolute Gasteiger partial charge is 0.335 e. The topological polar surface area (TPSA) is 69.6 Å². The number of hydrogen-bond donors (Lipinski definition) is 2. The molecule has 0 saturated heterocycles. The number of benzene rings is 1. The van der Waals surface area contributed by atoms with Crippen LogP contribution in [0.4, 0.5) is 0 Å². The molecule has 1 amide bonds. The molecule has 1 rings (SSSR count). The van der Waals surface area contributed by atoms with Crippen LogP contribution in [0.15, 0.2) is 24.3 Å². The van der Waals surface area contributed by atoms with Crippen LogP contribution in [-0.4, -0.2) is 49.1 Å². The van der Waals surface area contributed by atoms with E-state index in [1.54, 1.807) is 19.2 Å². The van der Waals surface area contributed by atoms with E-state index in [9.17, 15) is 9.59 Å². The van der Waals surface area contributed by atoms with Crippen molar-refractivity contribution in [3.63, 3.8) is 0 Å². The number of likely N-dealkylation sites (N-methyl/N-ethyl adjacent to an activating group) is 1. The van der Waals surface area contributed by atoms with Gasteiger partial charge in [0, 0.05) is 26.6 Å². The van der Waals surface area contributed by atoms with E-state index in [4.69, 9.17) is 5.11 Å². The Labute approximate surface area is 113 Å². The average Bonchev–Trinajstić information content (AvgIpc) is 2.42. The average molecular weight is 264 g/mol. The van der Waals surface area contributed by atoms with Crippen LogP contribution in [-0.2, 0) is 11.2 Å². The summed E-state index contributed by atoms with van der Waals surface area (Å²) in [6.45, 7) is 1.39. The molecule has 0 bridgehead atoms. The highest BCUT2D eigenvalue weighted by molar-refractivity contribution is 5.89. The lowest BCUT2D eigenvalue weighted by Gasteiger charge is -2.16. The van der Waals surface area contributed by atoms with Gasteiger partial charge in [-0.1, -0.05) is 18.2 Å². The number of carbonyl (C=O) groups excluding carboxylic acids is 1. The minimum absolute atomic E-state index is 0.0118. The van der Waals surface area contributed by atoms with Crippen LogP contribution in [0.1, 0.15) is 22.3 Å². The summed E-state index contributed by atoms with van der Waals surface area (Å²) < 4.78 is 0. The number of hydrogen-bond acceptors (Lipinski definition) is 3. The number of carboxylic acid groups (broad SMARTS) is 1. The highest BCUT2D eigenvalue weighted by Gasteiger charge is 2.10. The van der Waals surface area contributed by atoms with Crippen molar-refractivity contribution in [3.05, 3.63) is 35.4 Å². The number of rotatable bonds is 7. The highest BCUT2D eigenvalue weighted by atomic mass is 16.4. The Morgan fingerprint density at radius 3 is 2.58 bits per heavy atom. The fraction of sp³-hybridized carbons (Fsp3) is 0.429. The molecule has 0 unspecified atom stereocenters. The van der Waals surface area contributed by atoms with Gasteiger partial charge in [0.2, 0.25) is 5.91 Å². The molecule has 5 nitrogen and oxygen atoms in total. The number of nitrogens with one attached hydrogen (secondary N) is 1. The van der Waals surface area contributed by atoms with Gasteiger partial charge >= 0.3 is 5.97 Å². The molecule has 0 fully saturated rings. The summed E-state index contributed by atoms with van der Waals surface area (Å²) in [7, 11) is 3.54. The Balaban J connectivity index is 2.48. The van der Waals surface area contributed by atoms with Gasteiger partial charge in [-0.25, -0.2) is 4.79 Å². The summed E-state index contributed by atoms with van der Waals surface area (Å²) in [4.78, 5) is 24.2. The Hall–Kier alpha value is -1.88. The van der Waals surface area contributed by atoms with E-state index in [-0.39, 0.29) is 5.91 Å². The summed E-state index contributed by atoms with van der Waals surface area (Å²) in [6, 6.07) is 7.01. The minimum Gasteiger partial charge on any atom is -0.478 e. The van der Waals surface area contributed by atoms with Gasteiger partial charge in [-0.3, -0.25) is 4.79 Å². The molecule has 1 aromatic carbocycles. The van der Waals surface area contributed by atoms with Crippen LogP contribution >= 0.6 is 0 Å². The first-order chi connectivity index (χ1) is 9.04. The molecular formula is C14H20N2O3. The van der Waals surface area contributed by atoms with E-state index < -0.39 is 5.97 Å². The summed E-state index contributed by atoms with van der Waals surface area (Å²) >= 11 is 0. The maximum absolute atomic E-state index is 11.1. The molecule has 2 N–H and O–H groups in total. The summed E-state index contributed by atoms with van der Waals surface area (Å²) in [5.74, 6) is -0.888. The van der Waals surface area contributed by atoms with Crippen molar-refractivity contribution >= 4 is 11.9 Å². The molecule has 0 aliphatic rings. The molecule has 0 spiro atoms. The zero-order valence-corrected chi connectivity index (χ0v) is 11.3. The fourth-order valence-corrected chi connectivity index (χ4v) is 1.79. The lowest BCUT2D eigenvalue weighted by atomic mass is 10.0. The first-order valence-corrected chi connectivity index (χ1v) is 6.25. The largest absolute Gasteiger partial charge is 0.478 e. The standard InChI is InChI=1S/C14H20N2O3/c1-15-13(17)8-10-16(2)9-7-11-5-3-4-6-12(11)14(18)19/h3-6H,7-10H2,1-2H3,(H,15,17)(H,18,19). The molecule has 0 heterocycles. The monoisotopic (exact) mass is 264 g/mol. The predicted octanol–water partition coefficient (Wildman–Crippen LogP) is 0.995. The molecule has 0 radical (unpaired) electrons. The van der Waals surface area contributed by atoms with Gasteiger partial charge in [-0.2, -0.15) is 0 Å². The van der Waals surface area contributed by atoms with Crippen molar-refractivity contribution in [1.82, 2.24) is 10.2 Å². The van der Waals surface area contributed by atoms with Gasteiger partial charge < -0.3 is 15.3 Å². The van der Waals surface area contributed by atoms with Crippen molar-refractivity contribution < 1.29 is 14.7 Å². The minimum atomic E-state index is -0.899.